The summed E-state index contributed by atoms with van der Waals surface area (Å²) in [6.45, 7) is 1.89. The number of ether oxygens (including phenoxy) is 2. The molecular weight excluding hydrogens is 417 g/mol. The minimum Gasteiger partial charge on any atom is -0.493 e. The van der Waals surface area contributed by atoms with Gasteiger partial charge < -0.3 is 9.47 Å². The summed E-state index contributed by atoms with van der Waals surface area (Å²) in [5, 5.41) is 11.2. The Morgan fingerprint density at radius 3 is 2.69 bits per heavy atom. The zero-order valence-corrected chi connectivity index (χ0v) is 17.1. The zero-order chi connectivity index (χ0) is 20.8. The quantitative estimate of drug-likeness (QED) is 0.433. The number of nitrogens with zero attached hydrogens (tertiary/aromatic N) is 3. The summed E-state index contributed by atoms with van der Waals surface area (Å²) < 4.78 is 11.2. The van der Waals surface area contributed by atoms with E-state index in [0.29, 0.717) is 32.8 Å². The monoisotopic (exact) mass is 433 g/mol. The zero-order valence-electron chi connectivity index (χ0n) is 15.6. The summed E-state index contributed by atoms with van der Waals surface area (Å²) in [5.74, 6) is 1.32. The van der Waals surface area contributed by atoms with Gasteiger partial charge in [0.15, 0.2) is 17.3 Å². The third-order valence-electron chi connectivity index (χ3n) is 3.88. The first kappa shape index (κ1) is 20.6. The van der Waals surface area contributed by atoms with Crippen LogP contribution in [0.2, 0.25) is 10.0 Å². The van der Waals surface area contributed by atoms with E-state index in [2.05, 4.69) is 25.7 Å². The van der Waals surface area contributed by atoms with Crippen molar-refractivity contribution in [2.75, 3.05) is 12.5 Å². The van der Waals surface area contributed by atoms with E-state index in [1.165, 1.54) is 0 Å². The number of aromatic amines is 1. The van der Waals surface area contributed by atoms with Crippen LogP contribution in [0.5, 0.6) is 11.5 Å². The molecule has 0 aliphatic carbocycles. The maximum Gasteiger partial charge on any atom is 0.363 e. The topological polar surface area (TPSA) is 101 Å². The number of hydrogen-bond acceptors (Lipinski definition) is 7. The van der Waals surface area contributed by atoms with Crippen molar-refractivity contribution in [2.45, 2.75) is 13.5 Å². The van der Waals surface area contributed by atoms with E-state index >= 15 is 0 Å². The average molecular weight is 434 g/mol. The molecule has 0 amide bonds. The van der Waals surface area contributed by atoms with Crippen LogP contribution in [0.1, 0.15) is 16.8 Å². The predicted octanol–water partition coefficient (Wildman–Crippen LogP) is 3.81. The fourth-order valence-electron chi connectivity index (χ4n) is 2.37. The van der Waals surface area contributed by atoms with E-state index in [9.17, 15) is 4.79 Å². The molecule has 150 valence electrons. The van der Waals surface area contributed by atoms with E-state index in [4.69, 9.17) is 32.7 Å². The lowest BCUT2D eigenvalue weighted by Gasteiger charge is -2.13. The highest BCUT2D eigenvalue weighted by molar-refractivity contribution is 6.35. The molecule has 8 nitrogen and oxygen atoms in total. The minimum atomic E-state index is -0.560. The molecule has 0 atom stereocenters. The fourth-order valence-corrected chi connectivity index (χ4v) is 2.88. The number of aryl methyl sites for hydroxylation is 1. The molecule has 0 spiro atoms. The first-order chi connectivity index (χ1) is 14.0. The van der Waals surface area contributed by atoms with Crippen LogP contribution in [0.15, 0.2) is 46.3 Å². The van der Waals surface area contributed by atoms with Crippen LogP contribution < -0.4 is 20.6 Å². The SMILES string of the molecule is COc1cc(C=NNc2nc(=O)[nH]nc2C)ccc1OCc1c(Cl)cccc1Cl. The number of halogens is 2. The minimum absolute atomic E-state index is 0.199. The summed E-state index contributed by atoms with van der Waals surface area (Å²) in [7, 11) is 1.54. The lowest BCUT2D eigenvalue weighted by molar-refractivity contribution is 0.284. The van der Waals surface area contributed by atoms with Crippen LogP contribution in [0, 0.1) is 6.92 Å². The molecule has 3 rings (SSSR count). The molecular formula is C19H17Cl2N5O3. The van der Waals surface area contributed by atoms with Gasteiger partial charge in [-0.25, -0.2) is 9.89 Å². The van der Waals surface area contributed by atoms with Gasteiger partial charge in [-0.15, -0.1) is 0 Å². The molecule has 1 aromatic heterocycles. The largest absolute Gasteiger partial charge is 0.493 e. The molecule has 0 saturated carbocycles. The van der Waals surface area contributed by atoms with Crippen LogP contribution in [-0.4, -0.2) is 28.5 Å². The number of methoxy groups -OCH3 is 1. The van der Waals surface area contributed by atoms with Crippen molar-refractivity contribution in [1.82, 2.24) is 15.2 Å². The highest BCUT2D eigenvalue weighted by Crippen LogP contribution is 2.31. The van der Waals surface area contributed by atoms with Crippen LogP contribution in [0.4, 0.5) is 5.82 Å². The standard InChI is InChI=1S/C19H17Cl2N5O3/c1-11-18(23-19(27)26-24-11)25-22-9-12-6-7-16(17(8-12)28-2)29-10-13-14(20)4-3-5-15(13)21/h3-9H,10H2,1-2H3,(H2,23,25,26,27). The van der Waals surface area contributed by atoms with Gasteiger partial charge in [-0.1, -0.05) is 29.3 Å². The highest BCUT2D eigenvalue weighted by Gasteiger charge is 2.10. The molecule has 0 radical (unpaired) electrons. The number of hydrogen-bond donors (Lipinski definition) is 2. The average Bonchev–Trinajstić information content (AvgIpc) is 2.70. The lowest BCUT2D eigenvalue weighted by atomic mass is 10.2. The van der Waals surface area contributed by atoms with E-state index in [1.54, 1.807) is 56.6 Å². The number of hydrazone groups is 1. The summed E-state index contributed by atoms with van der Waals surface area (Å²) in [4.78, 5) is 15.0. The van der Waals surface area contributed by atoms with E-state index in [1.807, 2.05) is 0 Å². The van der Waals surface area contributed by atoms with Crippen molar-refractivity contribution in [1.29, 1.82) is 0 Å². The molecule has 0 bridgehead atoms. The first-order valence-corrected chi connectivity index (χ1v) is 9.19. The number of nitrogens with one attached hydrogen (secondary N) is 2. The Morgan fingerprint density at radius 2 is 1.97 bits per heavy atom. The van der Waals surface area contributed by atoms with Gasteiger partial charge in [0.1, 0.15) is 12.3 Å². The van der Waals surface area contributed by atoms with Crippen LogP contribution in [0.3, 0.4) is 0 Å². The normalized spacial score (nSPS) is 10.9. The van der Waals surface area contributed by atoms with Gasteiger partial charge in [-0.2, -0.15) is 15.2 Å². The molecule has 2 N–H and O–H groups in total. The van der Waals surface area contributed by atoms with Crippen molar-refractivity contribution in [3.05, 3.63) is 73.7 Å². The second-order valence-corrected chi connectivity index (χ2v) is 6.66. The van der Waals surface area contributed by atoms with E-state index in [-0.39, 0.29) is 12.4 Å². The molecule has 0 aliphatic rings. The van der Waals surface area contributed by atoms with Crippen molar-refractivity contribution < 1.29 is 9.47 Å². The maximum absolute atomic E-state index is 11.2. The molecule has 10 heteroatoms. The van der Waals surface area contributed by atoms with Gasteiger partial charge in [0.25, 0.3) is 0 Å². The summed E-state index contributed by atoms with van der Waals surface area (Å²) in [6, 6.07) is 10.6. The maximum atomic E-state index is 11.2. The Morgan fingerprint density at radius 1 is 1.21 bits per heavy atom. The molecule has 2 aromatic carbocycles. The summed E-state index contributed by atoms with van der Waals surface area (Å²) >= 11 is 12.3. The van der Waals surface area contributed by atoms with E-state index < -0.39 is 5.69 Å². The molecule has 0 unspecified atom stereocenters. The predicted molar refractivity (Wildman–Crippen MR) is 112 cm³/mol. The second-order valence-electron chi connectivity index (χ2n) is 5.84. The molecule has 0 fully saturated rings. The van der Waals surface area contributed by atoms with Crippen molar-refractivity contribution in [3.63, 3.8) is 0 Å². The summed E-state index contributed by atoms with van der Waals surface area (Å²) in [6.07, 6.45) is 1.56. The first-order valence-electron chi connectivity index (χ1n) is 8.44. The lowest BCUT2D eigenvalue weighted by Crippen LogP contribution is -2.15. The third kappa shape index (κ3) is 5.24. The van der Waals surface area contributed by atoms with E-state index in [0.717, 1.165) is 5.56 Å². The number of benzene rings is 2. The fraction of sp³-hybridized carbons (Fsp3) is 0.158. The molecule has 0 aliphatic heterocycles. The van der Waals surface area contributed by atoms with Crippen LogP contribution in [-0.2, 0) is 6.61 Å². The molecule has 29 heavy (non-hydrogen) atoms. The Bertz CT molecular complexity index is 1080. The van der Waals surface area contributed by atoms with Crippen molar-refractivity contribution >= 4 is 35.2 Å². The van der Waals surface area contributed by atoms with Gasteiger partial charge in [0, 0.05) is 15.6 Å². The Kier molecular flexibility index (Phi) is 6.69. The Hall–Kier alpha value is -3.10. The number of anilines is 1. The number of rotatable bonds is 7. The van der Waals surface area contributed by atoms with Gasteiger partial charge >= 0.3 is 5.69 Å². The number of aromatic nitrogens is 3. The van der Waals surface area contributed by atoms with Crippen LogP contribution >= 0.6 is 23.2 Å². The van der Waals surface area contributed by atoms with Gasteiger partial charge in [0.05, 0.1) is 13.3 Å². The summed E-state index contributed by atoms with van der Waals surface area (Å²) in [5.41, 5.74) is 4.08. The smallest absolute Gasteiger partial charge is 0.363 e. The number of H-pyrrole nitrogens is 1. The molecule has 0 saturated heterocycles. The third-order valence-corrected chi connectivity index (χ3v) is 4.59. The van der Waals surface area contributed by atoms with Gasteiger partial charge in [-0.3, -0.25) is 5.43 Å². The second kappa shape index (κ2) is 9.40. The van der Waals surface area contributed by atoms with Crippen LogP contribution in [0.25, 0.3) is 0 Å². The van der Waals surface area contributed by atoms with Gasteiger partial charge in [-0.05, 0) is 42.8 Å². The van der Waals surface area contributed by atoms with Crippen molar-refractivity contribution in [3.8, 4) is 11.5 Å². The molecule has 1 heterocycles. The Labute approximate surface area is 176 Å². The molecule has 3 aromatic rings. The van der Waals surface area contributed by atoms with Crippen molar-refractivity contribution in [2.24, 2.45) is 5.10 Å². The highest BCUT2D eigenvalue weighted by atomic mass is 35.5. The van der Waals surface area contributed by atoms with Gasteiger partial charge in [0.2, 0.25) is 0 Å². The Balaban J connectivity index is 1.71.